The first-order valence-corrected chi connectivity index (χ1v) is 11.4. The van der Waals surface area contributed by atoms with Gasteiger partial charge in [0, 0.05) is 53.2 Å². The van der Waals surface area contributed by atoms with Gasteiger partial charge in [-0.2, -0.15) is 0 Å². The van der Waals surface area contributed by atoms with Crippen LogP contribution in [-0.4, -0.2) is 66.8 Å². The zero-order chi connectivity index (χ0) is 20.9. The van der Waals surface area contributed by atoms with E-state index in [1.165, 1.54) is 16.9 Å². The zero-order valence-corrected chi connectivity index (χ0v) is 18.5. The number of methoxy groups -OCH3 is 1. The molecule has 7 nitrogen and oxygen atoms in total. The number of aromatic nitrogens is 2. The van der Waals surface area contributed by atoms with Crippen molar-refractivity contribution in [3.05, 3.63) is 34.8 Å². The zero-order valence-electron chi connectivity index (χ0n) is 17.7. The summed E-state index contributed by atoms with van der Waals surface area (Å²) in [5.41, 5.74) is 3.20. The molecule has 0 aliphatic carbocycles. The lowest BCUT2D eigenvalue weighted by Gasteiger charge is -2.15. The maximum atomic E-state index is 12.8. The molecule has 30 heavy (non-hydrogen) atoms. The van der Waals surface area contributed by atoms with Crippen LogP contribution >= 0.6 is 11.3 Å². The molecular weight excluding hydrogens is 400 g/mol. The minimum Gasteiger partial charge on any atom is -0.385 e. The predicted molar refractivity (Wildman–Crippen MR) is 119 cm³/mol. The summed E-state index contributed by atoms with van der Waals surface area (Å²) in [6.07, 6.45) is 6.45. The van der Waals surface area contributed by atoms with E-state index in [9.17, 15) is 4.79 Å². The Labute approximate surface area is 181 Å². The topological polar surface area (TPSA) is 68.1 Å². The van der Waals surface area contributed by atoms with Gasteiger partial charge in [-0.05, 0) is 43.4 Å². The summed E-state index contributed by atoms with van der Waals surface area (Å²) in [5.74, 6) is 0.0467. The number of nitrogens with zero attached hydrogens (tertiary/aromatic N) is 3. The molecule has 3 heterocycles. The summed E-state index contributed by atoms with van der Waals surface area (Å²) in [4.78, 5) is 20.8. The number of hydrogen-bond acceptors (Lipinski definition) is 6. The Kier molecular flexibility index (Phi) is 6.99. The Bertz CT molecular complexity index is 993. The Balaban J connectivity index is 1.43. The summed E-state index contributed by atoms with van der Waals surface area (Å²) in [6, 6.07) is 6.33. The molecule has 1 fully saturated rings. The van der Waals surface area contributed by atoms with E-state index in [2.05, 4.69) is 23.5 Å². The average molecular weight is 431 g/mol. The van der Waals surface area contributed by atoms with Crippen LogP contribution in [0.25, 0.3) is 16.0 Å². The molecule has 8 heteroatoms. The van der Waals surface area contributed by atoms with Gasteiger partial charge in [0.1, 0.15) is 4.88 Å². The van der Waals surface area contributed by atoms with Crippen LogP contribution in [0.1, 0.15) is 40.9 Å². The number of carbonyl (C=O) groups excluding carboxylic acids is 1. The van der Waals surface area contributed by atoms with Crippen LogP contribution in [-0.2, 0) is 16.0 Å². The third kappa shape index (κ3) is 4.83. The van der Waals surface area contributed by atoms with Crippen molar-refractivity contribution in [1.82, 2.24) is 19.6 Å². The molecule has 1 amide bonds. The van der Waals surface area contributed by atoms with E-state index in [0.717, 1.165) is 79.4 Å². The van der Waals surface area contributed by atoms with Crippen LogP contribution < -0.4 is 5.32 Å². The number of amides is 1. The molecule has 1 aromatic carbocycles. The highest BCUT2D eigenvalue weighted by molar-refractivity contribution is 7.18. The van der Waals surface area contributed by atoms with Gasteiger partial charge in [0.2, 0.25) is 0 Å². The molecule has 1 aliphatic heterocycles. The lowest BCUT2D eigenvalue weighted by Crippen LogP contribution is -2.27. The molecule has 0 spiro atoms. The quantitative estimate of drug-likeness (QED) is 0.500. The molecule has 1 N–H and O–H groups in total. The number of thiazole rings is 1. The van der Waals surface area contributed by atoms with Gasteiger partial charge in [0.15, 0.2) is 4.96 Å². The van der Waals surface area contributed by atoms with E-state index < -0.39 is 0 Å². The van der Waals surface area contributed by atoms with E-state index in [4.69, 9.17) is 14.5 Å². The molecular formula is C22H30N4O3S. The van der Waals surface area contributed by atoms with Crippen LogP contribution in [0, 0.1) is 0 Å². The second-order valence-electron chi connectivity index (χ2n) is 7.88. The van der Waals surface area contributed by atoms with Crippen molar-refractivity contribution in [1.29, 1.82) is 0 Å². The highest BCUT2D eigenvalue weighted by atomic mass is 32.1. The summed E-state index contributed by atoms with van der Waals surface area (Å²) in [5, 5.41) is 3.49. The molecule has 1 saturated heterocycles. The van der Waals surface area contributed by atoms with Gasteiger partial charge < -0.3 is 19.7 Å². The molecule has 1 atom stereocenters. The number of hydrogen-bond donors (Lipinski definition) is 1. The summed E-state index contributed by atoms with van der Waals surface area (Å²) >= 11 is 1.45. The molecule has 3 aromatic rings. The number of nitrogens with one attached hydrogen (secondary N) is 1. The van der Waals surface area contributed by atoms with Gasteiger partial charge in [-0.3, -0.25) is 9.20 Å². The number of ether oxygens (including phenoxy) is 2. The number of benzene rings is 1. The van der Waals surface area contributed by atoms with E-state index in [1.54, 1.807) is 12.0 Å². The van der Waals surface area contributed by atoms with Crippen molar-refractivity contribution in [2.24, 2.45) is 0 Å². The summed E-state index contributed by atoms with van der Waals surface area (Å²) < 4.78 is 12.8. The van der Waals surface area contributed by atoms with Gasteiger partial charge >= 0.3 is 0 Å². The fourth-order valence-corrected chi connectivity index (χ4v) is 4.82. The van der Waals surface area contributed by atoms with Crippen molar-refractivity contribution < 1.29 is 14.3 Å². The van der Waals surface area contributed by atoms with Crippen LogP contribution in [0.5, 0.6) is 0 Å². The second kappa shape index (κ2) is 9.87. The van der Waals surface area contributed by atoms with Gasteiger partial charge in [-0.25, -0.2) is 4.98 Å². The molecule has 1 aliphatic rings. The van der Waals surface area contributed by atoms with E-state index in [0.29, 0.717) is 6.10 Å². The second-order valence-corrected chi connectivity index (χ2v) is 8.88. The van der Waals surface area contributed by atoms with Crippen LogP contribution in [0.3, 0.4) is 0 Å². The Hall–Kier alpha value is -2.00. The van der Waals surface area contributed by atoms with Crippen molar-refractivity contribution in [2.45, 2.75) is 38.3 Å². The van der Waals surface area contributed by atoms with Crippen molar-refractivity contribution in [3.63, 3.8) is 0 Å². The van der Waals surface area contributed by atoms with E-state index in [1.807, 2.05) is 17.6 Å². The molecule has 162 valence electrons. The fourth-order valence-electron chi connectivity index (χ4n) is 3.83. The van der Waals surface area contributed by atoms with E-state index in [-0.39, 0.29) is 5.91 Å². The minimum atomic E-state index is 0.0467. The molecule has 0 radical (unpaired) electrons. The normalized spacial score (nSPS) is 16.7. The Morgan fingerprint density at radius 1 is 1.43 bits per heavy atom. The SMILES string of the molecule is COCCCCN(C)C(=O)c1cn2c(nc3ccc(CNC[C@H]4CCCO4)cc32)s1. The van der Waals surface area contributed by atoms with Crippen LogP contribution in [0.15, 0.2) is 24.4 Å². The first-order chi connectivity index (χ1) is 14.7. The van der Waals surface area contributed by atoms with Gasteiger partial charge in [-0.1, -0.05) is 17.4 Å². The number of imidazole rings is 1. The van der Waals surface area contributed by atoms with Crippen LogP contribution in [0.4, 0.5) is 0 Å². The Morgan fingerprint density at radius 3 is 3.13 bits per heavy atom. The lowest BCUT2D eigenvalue weighted by molar-refractivity contribution is 0.0793. The largest absolute Gasteiger partial charge is 0.385 e. The number of carbonyl (C=O) groups is 1. The maximum absolute atomic E-state index is 12.8. The smallest absolute Gasteiger partial charge is 0.265 e. The summed E-state index contributed by atoms with van der Waals surface area (Å²) in [6.45, 7) is 4.01. The first kappa shape index (κ1) is 21.2. The van der Waals surface area contributed by atoms with Crippen molar-refractivity contribution in [3.8, 4) is 0 Å². The first-order valence-electron chi connectivity index (χ1n) is 10.6. The highest BCUT2D eigenvalue weighted by Crippen LogP contribution is 2.25. The average Bonchev–Trinajstić information content (AvgIpc) is 3.47. The van der Waals surface area contributed by atoms with Crippen molar-refractivity contribution >= 4 is 33.2 Å². The highest BCUT2D eigenvalue weighted by Gasteiger charge is 2.18. The predicted octanol–water partition coefficient (Wildman–Crippen LogP) is 3.32. The number of unbranched alkanes of at least 4 members (excludes halogenated alkanes) is 1. The third-order valence-corrected chi connectivity index (χ3v) is 6.51. The number of rotatable bonds is 10. The van der Waals surface area contributed by atoms with Crippen molar-refractivity contribution in [2.75, 3.05) is 40.5 Å². The molecule has 0 bridgehead atoms. The minimum absolute atomic E-state index is 0.0467. The lowest BCUT2D eigenvalue weighted by atomic mass is 10.2. The molecule has 0 saturated carbocycles. The molecule has 2 aromatic heterocycles. The maximum Gasteiger partial charge on any atom is 0.265 e. The van der Waals surface area contributed by atoms with Gasteiger partial charge in [-0.15, -0.1) is 0 Å². The number of fused-ring (bicyclic) bond motifs is 3. The van der Waals surface area contributed by atoms with Gasteiger partial charge in [0.25, 0.3) is 5.91 Å². The third-order valence-electron chi connectivity index (χ3n) is 5.54. The molecule has 0 unspecified atom stereocenters. The Morgan fingerprint density at radius 2 is 2.33 bits per heavy atom. The molecule has 4 rings (SSSR count). The fraction of sp³-hybridized carbons (Fsp3) is 0.545. The standard InChI is InChI=1S/C22H30N4O3S/c1-25(9-3-4-10-28-2)21(27)20-15-26-19-12-16(7-8-18(19)24-22(26)30-20)13-23-14-17-6-5-11-29-17/h7-8,12,15,17,23H,3-6,9-11,13-14H2,1-2H3/t17-/m1/s1. The summed E-state index contributed by atoms with van der Waals surface area (Å²) in [7, 11) is 3.56. The van der Waals surface area contributed by atoms with E-state index >= 15 is 0 Å². The monoisotopic (exact) mass is 430 g/mol. The van der Waals surface area contributed by atoms with Crippen LogP contribution in [0.2, 0.25) is 0 Å². The van der Waals surface area contributed by atoms with Gasteiger partial charge in [0.05, 0.1) is 17.1 Å².